The predicted molar refractivity (Wildman–Crippen MR) is 228 cm³/mol. The van der Waals surface area contributed by atoms with Gasteiger partial charge in [-0.25, -0.2) is 15.0 Å². The van der Waals surface area contributed by atoms with E-state index in [-0.39, 0.29) is 83.2 Å². The van der Waals surface area contributed by atoms with E-state index in [1.165, 1.54) is 0 Å². The van der Waals surface area contributed by atoms with Crippen LogP contribution in [0, 0.1) is 0 Å². The lowest BCUT2D eigenvalue weighted by Crippen LogP contribution is -2.55. The molecule has 0 atom stereocenters. The second-order valence-corrected chi connectivity index (χ2v) is 12.6. The van der Waals surface area contributed by atoms with Gasteiger partial charge in [0.05, 0.1) is 0 Å². The van der Waals surface area contributed by atoms with E-state index in [0.29, 0.717) is 16.7 Å². The molecule has 53 heavy (non-hydrogen) atoms. The third kappa shape index (κ3) is 5.66. The SMILES string of the molecule is [B]c1c([B])c([B])c(-c2nc(-c3c([B])c([B])c([B])c([B])c3[B])nc(-c3cccc4oc5c(-c6ccc(-c7ccccc7)cc6)cccc5c34)n2)c([B])c1[B]. The number of furan rings is 1. The minimum absolute atomic E-state index is 0.00941. The highest BCUT2D eigenvalue weighted by molar-refractivity contribution is 6.69. The summed E-state index contributed by atoms with van der Waals surface area (Å²) >= 11 is 0. The average Bonchev–Trinajstić information content (AvgIpc) is 3.58. The van der Waals surface area contributed by atoms with E-state index >= 15 is 0 Å². The van der Waals surface area contributed by atoms with Gasteiger partial charge >= 0.3 is 0 Å². The molecule has 0 aliphatic carbocycles. The van der Waals surface area contributed by atoms with Crippen molar-refractivity contribution in [1.82, 2.24) is 15.0 Å². The van der Waals surface area contributed by atoms with Crippen LogP contribution in [0.25, 0.3) is 78.4 Å². The number of rotatable bonds is 5. The Labute approximate surface area is 320 Å². The maximum Gasteiger partial charge on any atom is 0.164 e. The molecule has 14 heteroatoms. The Morgan fingerprint density at radius 3 is 1.34 bits per heavy atom. The molecule has 0 saturated heterocycles. The molecule has 0 unspecified atom stereocenters. The zero-order valence-corrected chi connectivity index (χ0v) is 28.2. The van der Waals surface area contributed by atoms with Crippen molar-refractivity contribution in [3.05, 3.63) is 91.0 Å². The van der Waals surface area contributed by atoms with Crippen molar-refractivity contribution in [2.24, 2.45) is 0 Å². The largest absolute Gasteiger partial charge is 0.455 e. The highest BCUT2D eigenvalue weighted by Crippen LogP contribution is 2.40. The Hall–Kier alpha value is -5.22. The molecule has 6 aromatic carbocycles. The van der Waals surface area contributed by atoms with Crippen LogP contribution in [-0.4, -0.2) is 93.4 Å². The lowest BCUT2D eigenvalue weighted by Gasteiger charge is -2.22. The molecule has 0 amide bonds. The molecule has 0 bridgehead atoms. The van der Waals surface area contributed by atoms with Crippen LogP contribution in [0.5, 0.6) is 0 Å². The quantitative estimate of drug-likeness (QED) is 0.204. The molecular formula is C39H15B10N3O. The molecule has 0 spiro atoms. The van der Waals surface area contributed by atoms with Gasteiger partial charge in [0.2, 0.25) is 0 Å². The van der Waals surface area contributed by atoms with E-state index in [1.807, 2.05) is 54.6 Å². The fourth-order valence-corrected chi connectivity index (χ4v) is 6.64. The minimum Gasteiger partial charge on any atom is -0.455 e. The molecule has 0 aliphatic rings. The van der Waals surface area contributed by atoms with Crippen LogP contribution in [0.15, 0.2) is 95.4 Å². The summed E-state index contributed by atoms with van der Waals surface area (Å²) < 4.78 is 6.57. The molecule has 0 fully saturated rings. The maximum atomic E-state index is 6.57. The number of hydrogen-bond acceptors (Lipinski definition) is 4. The average molecular weight is 650 g/mol. The van der Waals surface area contributed by atoms with Crippen molar-refractivity contribution in [1.29, 1.82) is 0 Å². The van der Waals surface area contributed by atoms with Gasteiger partial charge in [0.15, 0.2) is 17.5 Å². The fraction of sp³-hybridized carbons (Fsp3) is 0. The first kappa shape index (κ1) is 34.8. The first-order valence-electron chi connectivity index (χ1n) is 16.4. The van der Waals surface area contributed by atoms with Crippen LogP contribution in [0.4, 0.5) is 0 Å². The molecule has 2 heterocycles. The van der Waals surface area contributed by atoms with Crippen LogP contribution in [0.3, 0.4) is 0 Å². The van der Waals surface area contributed by atoms with Crippen LogP contribution in [-0.2, 0) is 0 Å². The lowest BCUT2D eigenvalue weighted by molar-refractivity contribution is 0.670. The van der Waals surface area contributed by atoms with Gasteiger partial charge < -0.3 is 4.42 Å². The third-order valence-corrected chi connectivity index (χ3v) is 9.55. The van der Waals surface area contributed by atoms with E-state index in [1.54, 1.807) is 0 Å². The van der Waals surface area contributed by atoms with E-state index in [2.05, 4.69) is 36.4 Å². The summed E-state index contributed by atoms with van der Waals surface area (Å²) in [6.45, 7) is 0. The summed E-state index contributed by atoms with van der Waals surface area (Å²) in [7, 11) is 63.2. The summed E-state index contributed by atoms with van der Waals surface area (Å²) in [4.78, 5) is 14.4. The number of nitrogens with zero attached hydrogens (tertiary/aromatic N) is 3. The van der Waals surface area contributed by atoms with Crippen molar-refractivity contribution < 1.29 is 4.42 Å². The molecule has 0 N–H and O–H groups in total. The van der Waals surface area contributed by atoms with Crippen molar-refractivity contribution in [3.63, 3.8) is 0 Å². The molecule has 8 aromatic rings. The Morgan fingerprint density at radius 2 is 0.792 bits per heavy atom. The van der Waals surface area contributed by atoms with Crippen LogP contribution in [0.1, 0.15) is 0 Å². The molecule has 20 radical (unpaired) electrons. The van der Waals surface area contributed by atoms with Gasteiger partial charge in [-0.15, -0.1) is 32.8 Å². The first-order chi connectivity index (χ1) is 25.5. The summed E-state index contributed by atoms with van der Waals surface area (Å²) in [5.41, 5.74) is 6.45. The highest BCUT2D eigenvalue weighted by atomic mass is 16.3. The number of para-hydroxylation sites is 1. The van der Waals surface area contributed by atoms with Crippen molar-refractivity contribution in [2.45, 2.75) is 0 Å². The second kappa shape index (κ2) is 13.3. The monoisotopic (exact) mass is 651 g/mol. The Bertz CT molecular complexity index is 2640. The molecule has 4 nitrogen and oxygen atoms in total. The zero-order valence-electron chi connectivity index (χ0n) is 28.2. The van der Waals surface area contributed by atoms with Crippen molar-refractivity contribution in [3.8, 4) is 56.4 Å². The number of fused-ring (bicyclic) bond motifs is 3. The van der Waals surface area contributed by atoms with Crippen molar-refractivity contribution in [2.75, 3.05) is 0 Å². The second-order valence-electron chi connectivity index (χ2n) is 12.6. The van der Waals surface area contributed by atoms with E-state index < -0.39 is 0 Å². The van der Waals surface area contributed by atoms with Crippen molar-refractivity contribution >= 4 is 155 Å². The summed E-state index contributed by atoms with van der Waals surface area (Å²) in [6, 6.07) is 30.1. The fourth-order valence-electron chi connectivity index (χ4n) is 6.64. The van der Waals surface area contributed by atoms with E-state index in [4.69, 9.17) is 97.8 Å². The smallest absolute Gasteiger partial charge is 0.164 e. The predicted octanol–water partition coefficient (Wildman–Crippen LogP) is -1.96. The first-order valence-corrected chi connectivity index (χ1v) is 16.4. The molecule has 8 rings (SSSR count). The van der Waals surface area contributed by atoms with Gasteiger partial charge in [-0.3, -0.25) is 0 Å². The molecule has 2 aromatic heterocycles. The summed E-state index contributed by atoms with van der Waals surface area (Å²) in [5, 5.41) is 1.56. The lowest BCUT2D eigenvalue weighted by atomic mass is 9.60. The van der Waals surface area contributed by atoms with Gasteiger partial charge in [-0.2, -0.15) is 0 Å². The molecule has 222 valence electrons. The highest BCUT2D eigenvalue weighted by Gasteiger charge is 2.23. The summed E-state index contributed by atoms with van der Waals surface area (Å²) in [6.07, 6.45) is 0. The van der Waals surface area contributed by atoms with Gasteiger partial charge in [0.25, 0.3) is 0 Å². The number of aromatic nitrogens is 3. The maximum absolute atomic E-state index is 6.57. The van der Waals surface area contributed by atoms with Crippen LogP contribution in [0.2, 0.25) is 0 Å². The molecule has 0 saturated carbocycles. The van der Waals surface area contributed by atoms with Crippen LogP contribution >= 0.6 is 0 Å². The number of benzene rings is 6. The Balaban J connectivity index is 1.38. The van der Waals surface area contributed by atoms with Gasteiger partial charge in [0, 0.05) is 33.0 Å². The topological polar surface area (TPSA) is 51.8 Å². The standard InChI is InChI=1S/C39H15B10N3O/c40-26-24(27(41)31(45)34(48)30(26)44)38-50-37(51-39(52-38)25-28(42)32(46)35(49)33(47)29(25)43)21-10-5-11-22-23(21)20-9-4-8-19(36(20)53-22)18-14-12-17(13-15-18)16-6-2-1-3-7-16/h1-15H. The zero-order chi connectivity index (χ0) is 37.3. The minimum atomic E-state index is 0.00941. The summed E-state index contributed by atoms with van der Waals surface area (Å²) in [5.74, 6) is 0.210. The Kier molecular flexibility index (Phi) is 8.76. The third-order valence-electron chi connectivity index (χ3n) is 9.55. The Morgan fingerprint density at radius 1 is 0.358 bits per heavy atom. The molecule has 0 aliphatic heterocycles. The van der Waals surface area contributed by atoms with Gasteiger partial charge in [-0.05, 0) is 22.8 Å². The van der Waals surface area contributed by atoms with Gasteiger partial charge in [-0.1, -0.05) is 107 Å². The number of hydrogen-bond donors (Lipinski definition) is 0. The van der Waals surface area contributed by atoms with Crippen LogP contribution < -0.4 is 54.6 Å². The van der Waals surface area contributed by atoms with Gasteiger partial charge in [0.1, 0.15) is 89.6 Å². The molecular weight excluding hydrogens is 635 g/mol. The normalized spacial score (nSPS) is 11.4. The van der Waals surface area contributed by atoms with E-state index in [9.17, 15) is 0 Å². The van der Waals surface area contributed by atoms with E-state index in [0.717, 1.165) is 33.0 Å².